The van der Waals surface area contributed by atoms with Crippen molar-refractivity contribution in [1.29, 1.82) is 0 Å². The van der Waals surface area contributed by atoms with Crippen molar-refractivity contribution in [2.45, 2.75) is 16.2 Å². The molecule has 0 unspecified atom stereocenters. The molecule has 160 valence electrons. The van der Waals surface area contributed by atoms with Crippen molar-refractivity contribution < 1.29 is 89.9 Å². The van der Waals surface area contributed by atoms with E-state index in [4.69, 9.17) is 4.79 Å². The van der Waals surface area contributed by atoms with Gasteiger partial charge in [-0.3, -0.25) is 0 Å². The predicted molar refractivity (Wildman–Crippen MR) is 114 cm³/mol. The predicted octanol–water partition coefficient (Wildman–Crippen LogP) is -2.78. The van der Waals surface area contributed by atoms with E-state index in [1.165, 1.54) is 24.3 Å². The zero-order valence-corrected chi connectivity index (χ0v) is 23.6. The molecule has 4 rings (SSSR count). The Morgan fingerprint density at radius 1 is 0.576 bits per heavy atom. The van der Waals surface area contributed by atoms with Crippen LogP contribution in [0, 0.1) is 0 Å². The zero-order valence-electron chi connectivity index (χ0n) is 18.0. The van der Waals surface area contributed by atoms with Crippen LogP contribution in [-0.4, -0.2) is 32.7 Å². The number of hydrogen-bond donors (Lipinski definition) is 0. The van der Waals surface area contributed by atoms with Gasteiger partial charge in [-0.15, -0.1) is 0 Å². The molecule has 0 aliphatic rings. The van der Waals surface area contributed by atoms with Gasteiger partial charge < -0.3 is 13.9 Å². The van der Waals surface area contributed by atoms with Gasteiger partial charge in [0.1, 0.15) is 27.0 Å². The number of carbonyl (C=O) groups excluding carboxylic acids is 1. The second-order valence-electron chi connectivity index (χ2n) is 6.63. The Labute approximate surface area is 236 Å². The van der Waals surface area contributed by atoms with Crippen molar-refractivity contribution in [3.05, 3.63) is 83.9 Å². The minimum absolute atomic E-state index is 0. The normalized spacial score (nSPS) is 11.1. The molecular weight excluding hydrogens is 486 g/mol. The summed E-state index contributed by atoms with van der Waals surface area (Å²) in [5.41, 5.74) is 0.276. The first-order valence-corrected chi connectivity index (χ1v) is 11.7. The van der Waals surface area contributed by atoms with E-state index in [1.807, 2.05) is 6.79 Å². The number of fused-ring (bicyclic) bond motifs is 2. The third kappa shape index (κ3) is 6.52. The van der Waals surface area contributed by atoms with Gasteiger partial charge in [0.25, 0.3) is 0 Å². The standard InChI is InChI=1S/C21H16O6S2.CH2O.2Na/c22-28(23,24)20-16(11-9-14-5-1-3-7-18(14)20)13-17-12-10-15-6-2-4-8-19(15)21(17)29(25,26)27;1-2;;/h1-12H,13H2,(H,22,23,24)(H,25,26,27);1H2;;/q;;2*+1/p-2. The molecule has 0 fully saturated rings. The molecule has 4 aromatic carbocycles. The van der Waals surface area contributed by atoms with Gasteiger partial charge in [-0.1, -0.05) is 72.8 Å². The van der Waals surface area contributed by atoms with E-state index in [9.17, 15) is 25.9 Å². The average molecular weight is 502 g/mol. The fourth-order valence-corrected chi connectivity index (χ4v) is 5.48. The monoisotopic (exact) mass is 502 g/mol. The molecule has 0 aliphatic carbocycles. The van der Waals surface area contributed by atoms with Crippen LogP contribution < -0.4 is 59.1 Å². The first kappa shape index (κ1) is 29.9. The van der Waals surface area contributed by atoms with Gasteiger partial charge in [0.05, 0.1) is 9.79 Å². The minimum Gasteiger partial charge on any atom is -0.744 e. The maximum atomic E-state index is 12.0. The summed E-state index contributed by atoms with van der Waals surface area (Å²) in [6.07, 6.45) is -0.191. The van der Waals surface area contributed by atoms with Crippen LogP contribution in [0.25, 0.3) is 21.5 Å². The molecule has 0 amide bonds. The summed E-state index contributed by atoms with van der Waals surface area (Å²) in [6, 6.07) is 19.3. The summed E-state index contributed by atoms with van der Waals surface area (Å²) in [7, 11) is -9.70. The smallest absolute Gasteiger partial charge is 0.744 e. The zero-order chi connectivity index (χ0) is 22.8. The van der Waals surface area contributed by atoms with Crippen LogP contribution in [-0.2, 0) is 31.5 Å². The van der Waals surface area contributed by atoms with Crippen LogP contribution >= 0.6 is 0 Å². The molecule has 0 radical (unpaired) electrons. The van der Waals surface area contributed by atoms with E-state index in [-0.39, 0.29) is 87.4 Å². The number of benzene rings is 4. The topological polar surface area (TPSA) is 131 Å². The summed E-state index contributed by atoms with van der Waals surface area (Å²) < 4.78 is 72.1. The fraction of sp³-hybridized carbons (Fsp3) is 0.0455. The second-order valence-corrected chi connectivity index (χ2v) is 9.27. The molecule has 0 heterocycles. The van der Waals surface area contributed by atoms with Gasteiger partial charge in [-0.25, -0.2) is 16.8 Å². The molecule has 4 aromatic rings. The van der Waals surface area contributed by atoms with Crippen LogP contribution in [0.1, 0.15) is 11.1 Å². The van der Waals surface area contributed by atoms with Gasteiger partial charge in [0, 0.05) is 0 Å². The van der Waals surface area contributed by atoms with E-state index >= 15 is 0 Å². The van der Waals surface area contributed by atoms with Gasteiger partial charge in [-0.2, -0.15) is 0 Å². The molecule has 0 spiro atoms. The maximum absolute atomic E-state index is 12.0. The molecule has 11 heteroatoms. The molecule has 7 nitrogen and oxygen atoms in total. The van der Waals surface area contributed by atoms with Gasteiger partial charge >= 0.3 is 59.1 Å². The van der Waals surface area contributed by atoms with E-state index in [0.717, 1.165) is 0 Å². The molecule has 0 N–H and O–H groups in total. The Morgan fingerprint density at radius 2 is 0.909 bits per heavy atom. The van der Waals surface area contributed by atoms with Gasteiger partial charge in [0.2, 0.25) is 0 Å². The van der Waals surface area contributed by atoms with Gasteiger partial charge in [0.15, 0.2) is 0 Å². The second kappa shape index (κ2) is 12.0. The van der Waals surface area contributed by atoms with Crippen molar-refractivity contribution in [3.63, 3.8) is 0 Å². The van der Waals surface area contributed by atoms with Crippen molar-refractivity contribution in [2.75, 3.05) is 0 Å². The molecule has 0 atom stereocenters. The summed E-state index contributed by atoms with van der Waals surface area (Å²) >= 11 is 0. The number of hydrogen-bond acceptors (Lipinski definition) is 7. The third-order valence-corrected chi connectivity index (χ3v) is 6.77. The summed E-state index contributed by atoms with van der Waals surface area (Å²) in [5, 5.41) is 1.65. The summed E-state index contributed by atoms with van der Waals surface area (Å²) in [6.45, 7) is 2.00. The average Bonchev–Trinajstić information content (AvgIpc) is 2.73. The maximum Gasteiger partial charge on any atom is 1.00 e. The largest absolute Gasteiger partial charge is 1.00 e. The summed E-state index contributed by atoms with van der Waals surface area (Å²) in [4.78, 5) is 7.19. The summed E-state index contributed by atoms with van der Waals surface area (Å²) in [5.74, 6) is 0. The molecule has 0 saturated carbocycles. The van der Waals surface area contributed by atoms with E-state index in [1.54, 1.807) is 48.5 Å². The molecular formula is C22H16Na2O7S2. The van der Waals surface area contributed by atoms with Crippen molar-refractivity contribution in [1.82, 2.24) is 0 Å². The Morgan fingerprint density at radius 3 is 1.24 bits per heavy atom. The van der Waals surface area contributed by atoms with Crippen LogP contribution in [0.5, 0.6) is 0 Å². The fourth-order valence-electron chi connectivity index (χ4n) is 3.65. The quantitative estimate of drug-likeness (QED) is 0.218. The van der Waals surface area contributed by atoms with Crippen molar-refractivity contribution in [2.24, 2.45) is 0 Å². The first-order chi connectivity index (χ1) is 14.7. The number of rotatable bonds is 4. The van der Waals surface area contributed by atoms with E-state index < -0.39 is 30.0 Å². The SMILES string of the molecule is C=O.O=S(=O)([O-])c1c(Cc2ccc3ccccc3c2S(=O)(=O)[O-])ccc2ccccc12.[Na+].[Na+]. The van der Waals surface area contributed by atoms with E-state index in [0.29, 0.717) is 10.8 Å². The van der Waals surface area contributed by atoms with Crippen LogP contribution in [0.4, 0.5) is 0 Å². The first-order valence-electron chi connectivity index (χ1n) is 8.88. The molecule has 0 saturated heterocycles. The van der Waals surface area contributed by atoms with Crippen LogP contribution in [0.3, 0.4) is 0 Å². The third-order valence-electron chi connectivity index (χ3n) is 4.80. The Hall–Kier alpha value is -1.11. The molecule has 0 bridgehead atoms. The van der Waals surface area contributed by atoms with E-state index in [2.05, 4.69) is 0 Å². The Kier molecular flexibility index (Phi) is 10.9. The van der Waals surface area contributed by atoms with Crippen LogP contribution in [0.2, 0.25) is 0 Å². The number of carbonyl (C=O) groups is 1. The Balaban J connectivity index is 0.00000133. The van der Waals surface area contributed by atoms with Crippen LogP contribution in [0.15, 0.2) is 82.6 Å². The van der Waals surface area contributed by atoms with Crippen molar-refractivity contribution in [3.8, 4) is 0 Å². The van der Waals surface area contributed by atoms with Gasteiger partial charge in [-0.05, 0) is 39.1 Å². The molecule has 0 aliphatic heterocycles. The van der Waals surface area contributed by atoms with Crippen molar-refractivity contribution >= 4 is 48.6 Å². The Bertz CT molecular complexity index is 1390. The molecule has 33 heavy (non-hydrogen) atoms. The minimum atomic E-state index is -4.85. The molecule has 0 aromatic heterocycles.